The summed E-state index contributed by atoms with van der Waals surface area (Å²) in [6.07, 6.45) is 1.81. The van der Waals surface area contributed by atoms with Crippen molar-refractivity contribution in [3.05, 3.63) is 17.7 Å². The molecule has 1 N–H and O–H groups in total. The third-order valence-corrected chi connectivity index (χ3v) is 4.69. The van der Waals surface area contributed by atoms with Crippen molar-refractivity contribution in [3.63, 3.8) is 0 Å². The quantitative estimate of drug-likeness (QED) is 0.861. The van der Waals surface area contributed by atoms with Crippen molar-refractivity contribution in [2.45, 2.75) is 53.2 Å². The molecular formula is C13H25N3O2S. The highest BCUT2D eigenvalue weighted by atomic mass is 32.2. The van der Waals surface area contributed by atoms with Crippen molar-refractivity contribution >= 4 is 9.84 Å². The van der Waals surface area contributed by atoms with E-state index >= 15 is 0 Å². The number of hydrogen-bond donors (Lipinski definition) is 1. The van der Waals surface area contributed by atoms with E-state index < -0.39 is 9.84 Å². The minimum absolute atomic E-state index is 0.0263. The molecule has 1 rings (SSSR count). The van der Waals surface area contributed by atoms with Crippen LogP contribution < -0.4 is 5.32 Å². The Bertz CT molecular complexity index is 512. The van der Waals surface area contributed by atoms with E-state index in [1.807, 2.05) is 17.7 Å². The first-order valence-electron chi connectivity index (χ1n) is 6.61. The Morgan fingerprint density at radius 2 is 2.00 bits per heavy atom. The number of aromatic nitrogens is 2. The van der Waals surface area contributed by atoms with Crippen LogP contribution in [0.4, 0.5) is 0 Å². The summed E-state index contributed by atoms with van der Waals surface area (Å²) in [5.74, 6) is 1.22. The van der Waals surface area contributed by atoms with Gasteiger partial charge in [-0.15, -0.1) is 0 Å². The normalized spacial score (nSPS) is 12.9. The molecule has 0 fully saturated rings. The van der Waals surface area contributed by atoms with E-state index in [1.165, 1.54) is 0 Å². The van der Waals surface area contributed by atoms with Crippen molar-refractivity contribution in [1.82, 2.24) is 14.9 Å². The van der Waals surface area contributed by atoms with Gasteiger partial charge in [-0.25, -0.2) is 13.4 Å². The zero-order valence-corrected chi connectivity index (χ0v) is 13.3. The third kappa shape index (κ3) is 5.32. The Morgan fingerprint density at radius 1 is 1.37 bits per heavy atom. The van der Waals surface area contributed by atoms with Gasteiger partial charge in [0.15, 0.2) is 9.84 Å². The monoisotopic (exact) mass is 287 g/mol. The molecular weight excluding hydrogens is 262 g/mol. The average molecular weight is 287 g/mol. The molecule has 1 aromatic rings. The second kappa shape index (κ2) is 6.05. The topological polar surface area (TPSA) is 64.0 Å². The van der Waals surface area contributed by atoms with E-state index in [1.54, 1.807) is 6.92 Å². The first-order valence-corrected chi connectivity index (χ1v) is 8.43. The van der Waals surface area contributed by atoms with Crippen molar-refractivity contribution in [1.29, 1.82) is 0 Å². The predicted molar refractivity (Wildman–Crippen MR) is 77.9 cm³/mol. The molecule has 0 saturated carbocycles. The highest BCUT2D eigenvalue weighted by Gasteiger charge is 2.14. The van der Waals surface area contributed by atoms with Crippen LogP contribution in [0.5, 0.6) is 0 Å². The highest BCUT2D eigenvalue weighted by molar-refractivity contribution is 7.91. The van der Waals surface area contributed by atoms with Gasteiger partial charge in [-0.3, -0.25) is 0 Å². The van der Waals surface area contributed by atoms with Crippen LogP contribution in [0, 0.1) is 6.92 Å². The average Bonchev–Trinajstić information content (AvgIpc) is 2.64. The Labute approximate surface area is 116 Å². The van der Waals surface area contributed by atoms with E-state index in [4.69, 9.17) is 0 Å². The van der Waals surface area contributed by atoms with Crippen LogP contribution in [-0.4, -0.2) is 35.0 Å². The van der Waals surface area contributed by atoms with Gasteiger partial charge in [0.2, 0.25) is 0 Å². The zero-order valence-electron chi connectivity index (χ0n) is 12.5. The maximum absolute atomic E-state index is 11.6. The number of hydrogen-bond acceptors (Lipinski definition) is 4. The molecule has 19 heavy (non-hydrogen) atoms. The second-order valence-corrected chi connectivity index (χ2v) is 8.26. The number of rotatable bonds is 6. The summed E-state index contributed by atoms with van der Waals surface area (Å²) in [6, 6.07) is 0. The smallest absolute Gasteiger partial charge is 0.151 e. The largest absolute Gasteiger partial charge is 0.330 e. The van der Waals surface area contributed by atoms with Gasteiger partial charge in [-0.05, 0) is 27.7 Å². The minimum Gasteiger partial charge on any atom is -0.330 e. The number of imidazole rings is 1. The van der Waals surface area contributed by atoms with E-state index in [0.717, 1.165) is 11.5 Å². The lowest BCUT2D eigenvalue weighted by Crippen LogP contribution is -2.35. The molecule has 1 heterocycles. The van der Waals surface area contributed by atoms with E-state index in [2.05, 4.69) is 31.1 Å². The van der Waals surface area contributed by atoms with Gasteiger partial charge >= 0.3 is 0 Å². The zero-order chi connectivity index (χ0) is 14.7. The molecule has 0 aliphatic rings. The Morgan fingerprint density at radius 3 is 2.53 bits per heavy atom. The van der Waals surface area contributed by atoms with Crippen LogP contribution in [0.3, 0.4) is 0 Å². The molecule has 0 spiro atoms. The first kappa shape index (κ1) is 16.2. The second-order valence-electron chi connectivity index (χ2n) is 5.79. The van der Waals surface area contributed by atoms with Gasteiger partial charge in [0.25, 0.3) is 0 Å². The maximum Gasteiger partial charge on any atom is 0.151 e. The van der Waals surface area contributed by atoms with Gasteiger partial charge in [-0.2, -0.15) is 0 Å². The lowest BCUT2D eigenvalue weighted by Gasteiger charge is -2.21. The Balaban J connectivity index is 2.75. The lowest BCUT2D eigenvalue weighted by atomic mass is 10.1. The van der Waals surface area contributed by atoms with Crippen molar-refractivity contribution in [2.75, 3.05) is 11.5 Å². The van der Waals surface area contributed by atoms with E-state index in [0.29, 0.717) is 13.1 Å². The number of nitrogens with zero attached hydrogens (tertiary/aromatic N) is 2. The van der Waals surface area contributed by atoms with Crippen LogP contribution in [0.15, 0.2) is 6.20 Å². The molecule has 0 amide bonds. The summed E-state index contributed by atoms with van der Waals surface area (Å²) in [5, 5.41) is 3.39. The van der Waals surface area contributed by atoms with Gasteiger partial charge in [0, 0.05) is 30.6 Å². The number of nitrogens with one attached hydrogen (secondary N) is 1. The molecule has 0 unspecified atom stereocenters. The fourth-order valence-corrected chi connectivity index (χ4v) is 2.44. The van der Waals surface area contributed by atoms with Crippen LogP contribution in [0.2, 0.25) is 0 Å². The van der Waals surface area contributed by atoms with Crippen LogP contribution >= 0.6 is 0 Å². The fraction of sp³-hybridized carbons (Fsp3) is 0.769. The molecule has 110 valence electrons. The van der Waals surface area contributed by atoms with Gasteiger partial charge in [0.05, 0.1) is 11.4 Å². The van der Waals surface area contributed by atoms with Crippen LogP contribution in [-0.2, 0) is 22.9 Å². The molecule has 5 nitrogen and oxygen atoms in total. The van der Waals surface area contributed by atoms with Crippen LogP contribution in [0.25, 0.3) is 0 Å². The van der Waals surface area contributed by atoms with Crippen molar-refractivity contribution < 1.29 is 8.42 Å². The molecule has 6 heteroatoms. The lowest BCUT2D eigenvalue weighted by molar-refractivity contribution is 0.415. The molecule has 0 bridgehead atoms. The van der Waals surface area contributed by atoms with Crippen LogP contribution in [0.1, 0.15) is 39.2 Å². The summed E-state index contributed by atoms with van der Waals surface area (Å²) in [5.41, 5.74) is 1.05. The van der Waals surface area contributed by atoms with Crippen molar-refractivity contribution in [3.8, 4) is 0 Å². The standard InChI is InChI=1S/C13H25N3O2S/c1-6-19(17,18)8-7-16-11(2)14-9-12(16)10-15-13(3,4)5/h9,15H,6-8,10H2,1-5H3. The Kier molecular flexibility index (Phi) is 5.15. The molecule has 0 atom stereocenters. The molecule has 0 saturated heterocycles. The summed E-state index contributed by atoms with van der Waals surface area (Å²) >= 11 is 0. The molecule has 0 radical (unpaired) electrons. The predicted octanol–water partition coefficient (Wildman–Crippen LogP) is 1.51. The first-order chi connectivity index (χ1) is 8.64. The SMILES string of the molecule is CCS(=O)(=O)CCn1c(CNC(C)(C)C)cnc1C. The number of sulfone groups is 1. The summed E-state index contributed by atoms with van der Waals surface area (Å²) in [4.78, 5) is 4.27. The highest BCUT2D eigenvalue weighted by Crippen LogP contribution is 2.08. The molecule has 0 aliphatic heterocycles. The summed E-state index contributed by atoms with van der Waals surface area (Å²) < 4.78 is 25.1. The van der Waals surface area contributed by atoms with Gasteiger partial charge in [-0.1, -0.05) is 6.92 Å². The molecule has 1 aromatic heterocycles. The summed E-state index contributed by atoms with van der Waals surface area (Å²) in [7, 11) is -2.94. The molecule has 0 aromatic carbocycles. The minimum atomic E-state index is -2.94. The van der Waals surface area contributed by atoms with Gasteiger partial charge < -0.3 is 9.88 Å². The Hall–Kier alpha value is -0.880. The molecule has 0 aliphatic carbocycles. The van der Waals surface area contributed by atoms with Gasteiger partial charge in [0.1, 0.15) is 5.82 Å². The summed E-state index contributed by atoms with van der Waals surface area (Å²) in [6.45, 7) is 11.0. The number of aryl methyl sites for hydroxylation is 1. The fourth-order valence-electron chi connectivity index (χ4n) is 1.69. The maximum atomic E-state index is 11.6. The van der Waals surface area contributed by atoms with E-state index in [-0.39, 0.29) is 17.0 Å². The van der Waals surface area contributed by atoms with E-state index in [9.17, 15) is 8.42 Å². The third-order valence-electron chi connectivity index (χ3n) is 3.00. The van der Waals surface area contributed by atoms with Crippen molar-refractivity contribution in [2.24, 2.45) is 0 Å².